The number of Topliss-reactive ketones (excluding diaryl/α,β-unsaturated/α-hetero) is 1. The average molecular weight is 253 g/mol. The maximum Gasteiger partial charge on any atom is 0.265 e. The normalized spacial score (nSPS) is 12.9. The lowest BCUT2D eigenvalue weighted by atomic mass is 10.1. The van der Waals surface area contributed by atoms with Crippen LogP contribution >= 0.6 is 23.2 Å². The molecule has 0 radical (unpaired) electrons. The van der Waals surface area contributed by atoms with Gasteiger partial charge < -0.3 is 0 Å². The number of halogens is 4. The Morgan fingerprint density at radius 3 is 2.47 bits per heavy atom. The van der Waals surface area contributed by atoms with Gasteiger partial charge in [0.1, 0.15) is 0 Å². The van der Waals surface area contributed by atoms with Gasteiger partial charge in [0.15, 0.2) is 5.78 Å². The van der Waals surface area contributed by atoms with Gasteiger partial charge in [0.25, 0.3) is 6.43 Å². The van der Waals surface area contributed by atoms with Crippen LogP contribution in [0.4, 0.5) is 8.78 Å². The van der Waals surface area contributed by atoms with Gasteiger partial charge in [-0.15, -0.1) is 11.6 Å². The molecule has 0 N–H and O–H groups in total. The maximum atomic E-state index is 12.4. The van der Waals surface area contributed by atoms with E-state index < -0.39 is 17.6 Å². The van der Waals surface area contributed by atoms with Crippen LogP contribution in [-0.2, 0) is 0 Å². The summed E-state index contributed by atoms with van der Waals surface area (Å²) in [5.41, 5.74) is -0.197. The largest absolute Gasteiger partial charge is 0.293 e. The van der Waals surface area contributed by atoms with E-state index in [1.165, 1.54) is 19.1 Å². The van der Waals surface area contributed by atoms with E-state index in [-0.39, 0.29) is 16.1 Å². The molecular weight excluding hydrogens is 245 g/mol. The summed E-state index contributed by atoms with van der Waals surface area (Å²) < 4.78 is 24.9. The zero-order valence-corrected chi connectivity index (χ0v) is 9.32. The minimum atomic E-state index is -2.70. The predicted molar refractivity (Wildman–Crippen MR) is 56.1 cm³/mol. The fraction of sp³-hybridized carbons (Fsp3) is 0.300. The maximum absolute atomic E-state index is 12.4. The molecule has 1 aromatic rings. The molecule has 0 aliphatic heterocycles. The first kappa shape index (κ1) is 12.4. The zero-order chi connectivity index (χ0) is 11.6. The van der Waals surface area contributed by atoms with Gasteiger partial charge >= 0.3 is 0 Å². The monoisotopic (exact) mass is 252 g/mol. The summed E-state index contributed by atoms with van der Waals surface area (Å²) in [6.45, 7) is 1.49. The van der Waals surface area contributed by atoms with Crippen molar-refractivity contribution < 1.29 is 13.6 Å². The summed E-state index contributed by atoms with van der Waals surface area (Å²) in [5.74, 6) is -0.393. The first-order valence-electron chi connectivity index (χ1n) is 4.19. The molecule has 0 aromatic heterocycles. The van der Waals surface area contributed by atoms with E-state index in [1.54, 1.807) is 0 Å². The van der Waals surface area contributed by atoms with Crippen LogP contribution in [0.25, 0.3) is 0 Å². The highest BCUT2D eigenvalue weighted by molar-refractivity contribution is 6.34. The molecule has 1 rings (SSSR count). The van der Waals surface area contributed by atoms with Crippen molar-refractivity contribution in [3.05, 3.63) is 34.3 Å². The molecule has 0 bridgehead atoms. The lowest BCUT2D eigenvalue weighted by molar-refractivity contribution is 0.0991. The molecular formula is C10H8Cl2F2O. The van der Waals surface area contributed by atoms with Crippen LogP contribution in [-0.4, -0.2) is 11.2 Å². The van der Waals surface area contributed by atoms with Crippen molar-refractivity contribution in [1.29, 1.82) is 0 Å². The van der Waals surface area contributed by atoms with Gasteiger partial charge in [0.2, 0.25) is 0 Å². The second kappa shape index (κ2) is 4.90. The summed E-state index contributed by atoms with van der Waals surface area (Å²) in [4.78, 5) is 11.4. The quantitative estimate of drug-likeness (QED) is 0.585. The summed E-state index contributed by atoms with van der Waals surface area (Å²) in [5, 5.41) is -0.791. The molecule has 82 valence electrons. The fourth-order valence-corrected chi connectivity index (χ4v) is 1.42. The minimum Gasteiger partial charge on any atom is -0.293 e. The number of hydrogen-bond acceptors (Lipinski definition) is 1. The lowest BCUT2D eigenvalue weighted by Gasteiger charge is -2.07. The number of carbonyl (C=O) groups is 1. The number of carbonyl (C=O) groups excluding carboxylic acids is 1. The molecule has 1 unspecified atom stereocenters. The van der Waals surface area contributed by atoms with Crippen LogP contribution < -0.4 is 0 Å². The number of hydrogen-bond donors (Lipinski definition) is 0. The van der Waals surface area contributed by atoms with Crippen LogP contribution in [0, 0.1) is 0 Å². The lowest BCUT2D eigenvalue weighted by Crippen LogP contribution is -2.10. The zero-order valence-electron chi connectivity index (χ0n) is 7.81. The standard InChI is InChI=1S/C10H8Cl2F2O/c1-5(11)9(15)6-2-3-8(12)7(4-6)10(13)14/h2-5,10H,1H3. The van der Waals surface area contributed by atoms with Gasteiger partial charge in [-0.2, -0.15) is 0 Å². The van der Waals surface area contributed by atoms with Gasteiger partial charge in [-0.25, -0.2) is 8.78 Å². The third-order valence-electron chi connectivity index (χ3n) is 1.88. The van der Waals surface area contributed by atoms with Crippen molar-refractivity contribution in [2.75, 3.05) is 0 Å². The smallest absolute Gasteiger partial charge is 0.265 e. The Bertz CT molecular complexity index is 378. The second-order valence-electron chi connectivity index (χ2n) is 3.02. The van der Waals surface area contributed by atoms with Crippen molar-refractivity contribution in [2.24, 2.45) is 0 Å². The molecule has 0 fully saturated rings. The van der Waals surface area contributed by atoms with Crippen LogP contribution in [0.3, 0.4) is 0 Å². The van der Waals surface area contributed by atoms with E-state index in [0.29, 0.717) is 0 Å². The highest BCUT2D eigenvalue weighted by Crippen LogP contribution is 2.28. The molecule has 15 heavy (non-hydrogen) atoms. The molecule has 0 amide bonds. The molecule has 1 nitrogen and oxygen atoms in total. The molecule has 1 aromatic carbocycles. The van der Waals surface area contributed by atoms with Gasteiger partial charge in [0.05, 0.1) is 5.38 Å². The number of alkyl halides is 3. The van der Waals surface area contributed by atoms with E-state index in [9.17, 15) is 13.6 Å². The van der Waals surface area contributed by atoms with Crippen molar-refractivity contribution in [2.45, 2.75) is 18.7 Å². The van der Waals surface area contributed by atoms with Gasteiger partial charge in [-0.1, -0.05) is 11.6 Å². The van der Waals surface area contributed by atoms with Crippen LogP contribution in [0.5, 0.6) is 0 Å². The Balaban J connectivity index is 3.13. The summed E-state index contributed by atoms with van der Waals surface area (Å²) in [6, 6.07) is 3.74. The highest BCUT2D eigenvalue weighted by Gasteiger charge is 2.17. The van der Waals surface area contributed by atoms with Gasteiger partial charge in [-0.3, -0.25) is 4.79 Å². The van der Waals surface area contributed by atoms with Crippen molar-refractivity contribution >= 4 is 29.0 Å². The summed E-state index contributed by atoms with van der Waals surface area (Å²) in [6.07, 6.45) is -2.70. The van der Waals surface area contributed by atoms with Crippen LogP contribution in [0.2, 0.25) is 5.02 Å². The van der Waals surface area contributed by atoms with Crippen LogP contribution in [0.1, 0.15) is 29.3 Å². The third-order valence-corrected chi connectivity index (χ3v) is 2.42. The highest BCUT2D eigenvalue weighted by atomic mass is 35.5. The van der Waals surface area contributed by atoms with Gasteiger partial charge in [0, 0.05) is 16.1 Å². The Labute approximate surface area is 96.0 Å². The van der Waals surface area contributed by atoms with E-state index >= 15 is 0 Å². The Kier molecular flexibility index (Phi) is 4.05. The second-order valence-corrected chi connectivity index (χ2v) is 4.08. The fourth-order valence-electron chi connectivity index (χ4n) is 1.09. The third kappa shape index (κ3) is 2.89. The molecule has 0 spiro atoms. The van der Waals surface area contributed by atoms with Gasteiger partial charge in [-0.05, 0) is 25.1 Å². The minimum absolute atomic E-state index is 0.0521. The number of ketones is 1. The average Bonchev–Trinajstić information content (AvgIpc) is 2.16. The number of rotatable bonds is 3. The first-order chi connectivity index (χ1) is 6.93. The van der Waals surface area contributed by atoms with Crippen LogP contribution in [0.15, 0.2) is 18.2 Å². The SMILES string of the molecule is CC(Cl)C(=O)c1ccc(Cl)c(C(F)F)c1. The molecule has 5 heteroatoms. The Hall–Kier alpha value is -0.670. The molecule has 0 heterocycles. The Morgan fingerprint density at radius 1 is 1.40 bits per heavy atom. The Morgan fingerprint density at radius 2 is 2.00 bits per heavy atom. The molecule has 0 aliphatic carbocycles. The van der Waals surface area contributed by atoms with E-state index in [1.807, 2.05) is 0 Å². The molecule has 1 atom stereocenters. The van der Waals surface area contributed by atoms with E-state index in [4.69, 9.17) is 23.2 Å². The molecule has 0 aliphatic rings. The topological polar surface area (TPSA) is 17.1 Å². The van der Waals surface area contributed by atoms with Crippen molar-refractivity contribution in [3.63, 3.8) is 0 Å². The molecule has 0 saturated heterocycles. The van der Waals surface area contributed by atoms with Crippen molar-refractivity contribution in [1.82, 2.24) is 0 Å². The predicted octanol–water partition coefficient (Wildman–Crippen LogP) is 4.09. The van der Waals surface area contributed by atoms with E-state index in [2.05, 4.69) is 0 Å². The summed E-state index contributed by atoms with van der Waals surface area (Å²) >= 11 is 11.1. The van der Waals surface area contributed by atoms with E-state index in [0.717, 1.165) is 6.07 Å². The van der Waals surface area contributed by atoms with Crippen molar-refractivity contribution in [3.8, 4) is 0 Å². The first-order valence-corrected chi connectivity index (χ1v) is 5.00. The summed E-state index contributed by atoms with van der Waals surface area (Å²) in [7, 11) is 0. The molecule has 0 saturated carbocycles. The number of benzene rings is 1.